The predicted octanol–water partition coefficient (Wildman–Crippen LogP) is 6.96. The number of pyridine rings is 1. The molecule has 6 nitrogen and oxygen atoms in total. The first kappa shape index (κ1) is 31.4. The third kappa shape index (κ3) is 6.44. The van der Waals surface area contributed by atoms with E-state index in [0.717, 1.165) is 12.8 Å². The maximum Gasteiger partial charge on any atom is 0.422 e. The quantitative estimate of drug-likeness (QED) is 0.193. The number of carbonyl (C=O) groups is 1. The number of aromatic nitrogens is 1. The van der Waals surface area contributed by atoms with Gasteiger partial charge in [0.25, 0.3) is 0 Å². The van der Waals surface area contributed by atoms with Crippen LogP contribution in [0.2, 0.25) is 0 Å². The van der Waals surface area contributed by atoms with Crippen molar-refractivity contribution in [1.29, 1.82) is 0 Å². The lowest BCUT2D eigenvalue weighted by Gasteiger charge is -2.36. The Labute approximate surface area is 243 Å². The minimum atomic E-state index is -5.16. The zero-order valence-corrected chi connectivity index (χ0v) is 24.6. The highest BCUT2D eigenvalue weighted by Crippen LogP contribution is 2.44. The molecule has 1 saturated carbocycles. The van der Waals surface area contributed by atoms with Crippen LogP contribution in [0.25, 0.3) is 11.3 Å². The number of aryl methyl sites for hydroxylation is 1. The van der Waals surface area contributed by atoms with Gasteiger partial charge in [-0.15, -0.1) is 0 Å². The van der Waals surface area contributed by atoms with Crippen molar-refractivity contribution in [2.45, 2.75) is 69.9 Å². The van der Waals surface area contributed by atoms with Crippen LogP contribution in [-0.2, 0) is 11.1 Å². The number of hydrogen-bond acceptors (Lipinski definition) is 6. The number of nitrogens with zero attached hydrogens (tertiary/aromatic N) is 2. The maximum atomic E-state index is 14.7. The van der Waals surface area contributed by atoms with E-state index < -0.39 is 47.5 Å². The Bertz CT molecular complexity index is 1470. The molecule has 1 aliphatic carbocycles. The summed E-state index contributed by atoms with van der Waals surface area (Å²) in [7, 11) is 4.98. The lowest BCUT2D eigenvalue weighted by molar-refractivity contribution is -0.270. The summed E-state index contributed by atoms with van der Waals surface area (Å²) in [5.41, 5.74) is -3.41. The fraction of sp³-hybridized carbons (Fsp3) is 0.438. The second-order valence-corrected chi connectivity index (χ2v) is 11.5. The third-order valence-electron chi connectivity index (χ3n) is 8.01. The van der Waals surface area contributed by atoms with Crippen molar-refractivity contribution >= 4 is 5.78 Å². The second-order valence-electron chi connectivity index (χ2n) is 11.5. The summed E-state index contributed by atoms with van der Waals surface area (Å²) >= 11 is 0. The average molecular weight is 589 g/mol. The number of ether oxygens (including phenoxy) is 2. The molecule has 0 radical (unpaired) electrons. The van der Waals surface area contributed by atoms with E-state index in [1.165, 1.54) is 43.5 Å². The maximum absolute atomic E-state index is 14.7. The van der Waals surface area contributed by atoms with Gasteiger partial charge in [-0.25, -0.2) is 9.37 Å². The predicted molar refractivity (Wildman–Crippen MR) is 151 cm³/mol. The minimum absolute atomic E-state index is 0.0895. The lowest BCUT2D eigenvalue weighted by Crippen LogP contribution is -2.44. The fourth-order valence-electron chi connectivity index (χ4n) is 4.46. The highest BCUT2D eigenvalue weighted by atomic mass is 19.4. The molecule has 2 aromatic carbocycles. The van der Waals surface area contributed by atoms with Gasteiger partial charge in [-0.3, -0.25) is 4.79 Å². The van der Waals surface area contributed by atoms with Crippen molar-refractivity contribution in [3.63, 3.8) is 0 Å². The molecule has 3 aromatic rings. The number of aliphatic hydroxyl groups is 1. The molecule has 0 aliphatic heterocycles. The first-order valence-corrected chi connectivity index (χ1v) is 13.7. The van der Waals surface area contributed by atoms with Crippen LogP contribution in [0.1, 0.15) is 66.7 Å². The van der Waals surface area contributed by atoms with Gasteiger partial charge in [0, 0.05) is 23.1 Å². The number of ketones is 1. The van der Waals surface area contributed by atoms with E-state index in [0.29, 0.717) is 28.2 Å². The molecule has 0 spiro atoms. The minimum Gasteiger partial charge on any atom is -0.493 e. The zero-order valence-electron chi connectivity index (χ0n) is 24.6. The average Bonchev–Trinajstić information content (AvgIpc) is 3.76. The number of methoxy groups -OCH3 is 1. The highest BCUT2D eigenvalue weighted by molar-refractivity contribution is 5.96. The van der Waals surface area contributed by atoms with Crippen molar-refractivity contribution in [3.8, 4) is 22.8 Å². The molecule has 10 heteroatoms. The van der Waals surface area contributed by atoms with Gasteiger partial charge in [-0.1, -0.05) is 0 Å². The SMILES string of the molecule is COc1cc(C(=O)CCC(O)(c2cc(C(C)(C)N(C)C)cc(-c3ccc(F)c(C)c3)n2)C(F)(F)F)ccc1OC1CC1. The van der Waals surface area contributed by atoms with E-state index in [2.05, 4.69) is 4.98 Å². The summed E-state index contributed by atoms with van der Waals surface area (Å²) in [6, 6.07) is 11.5. The Morgan fingerprint density at radius 1 is 1.05 bits per heavy atom. The molecule has 1 fully saturated rings. The Kier molecular flexibility index (Phi) is 8.72. The van der Waals surface area contributed by atoms with Gasteiger partial charge in [-0.2, -0.15) is 13.2 Å². The molecule has 1 heterocycles. The Morgan fingerprint density at radius 3 is 2.31 bits per heavy atom. The Hall–Kier alpha value is -3.50. The monoisotopic (exact) mass is 588 g/mol. The Balaban J connectivity index is 1.73. The van der Waals surface area contributed by atoms with Crippen molar-refractivity contribution in [2.75, 3.05) is 21.2 Å². The number of carbonyl (C=O) groups excluding carboxylic acids is 1. The molecule has 4 rings (SSSR count). The molecular formula is C32H36F4N2O4. The first-order valence-electron chi connectivity index (χ1n) is 13.7. The summed E-state index contributed by atoms with van der Waals surface area (Å²) in [6.07, 6.45) is -4.80. The molecule has 42 heavy (non-hydrogen) atoms. The number of alkyl halides is 3. The summed E-state index contributed by atoms with van der Waals surface area (Å²) in [4.78, 5) is 19.2. The molecule has 1 unspecified atom stereocenters. The molecular weight excluding hydrogens is 552 g/mol. The summed E-state index contributed by atoms with van der Waals surface area (Å²) in [5.74, 6) is -0.305. The summed E-state index contributed by atoms with van der Waals surface area (Å²) in [6.45, 7) is 5.20. The standard InChI is InChI=1S/C32H36F4N2O4/c1-19-15-20(7-11-24(19)33)25-17-22(30(2,3)38(4)5)18-29(37-25)31(40,32(34,35)36)14-13-26(39)21-8-12-27(28(16-21)41-6)42-23-9-10-23/h7-8,11-12,15-18,23,40H,9-10,13-14H2,1-6H3. The van der Waals surface area contributed by atoms with Crippen molar-refractivity contribution in [1.82, 2.24) is 9.88 Å². The van der Waals surface area contributed by atoms with Gasteiger partial charge in [0.1, 0.15) is 5.82 Å². The van der Waals surface area contributed by atoms with E-state index in [4.69, 9.17) is 9.47 Å². The van der Waals surface area contributed by atoms with Gasteiger partial charge >= 0.3 is 6.18 Å². The van der Waals surface area contributed by atoms with E-state index in [9.17, 15) is 27.5 Å². The smallest absolute Gasteiger partial charge is 0.422 e. The lowest BCUT2D eigenvalue weighted by atomic mass is 9.85. The van der Waals surface area contributed by atoms with Gasteiger partial charge in [0.05, 0.1) is 24.6 Å². The summed E-state index contributed by atoms with van der Waals surface area (Å²) in [5, 5.41) is 11.3. The van der Waals surface area contributed by atoms with Crippen molar-refractivity contribution in [2.24, 2.45) is 0 Å². The number of benzene rings is 2. The van der Waals surface area contributed by atoms with Crippen LogP contribution in [0.3, 0.4) is 0 Å². The second kappa shape index (κ2) is 11.6. The molecule has 1 N–H and O–H groups in total. The molecule has 1 aliphatic rings. The van der Waals surface area contributed by atoms with Crippen LogP contribution < -0.4 is 9.47 Å². The normalized spacial score (nSPS) is 15.4. The first-order chi connectivity index (χ1) is 19.6. The molecule has 226 valence electrons. The molecule has 1 atom stereocenters. The van der Waals surface area contributed by atoms with Gasteiger partial charge in [0.2, 0.25) is 5.60 Å². The van der Waals surface area contributed by atoms with Crippen LogP contribution in [0.15, 0.2) is 48.5 Å². The summed E-state index contributed by atoms with van der Waals surface area (Å²) < 4.78 is 69.1. The number of hydrogen-bond donors (Lipinski definition) is 1. The number of halogens is 4. The van der Waals surface area contributed by atoms with E-state index in [-0.39, 0.29) is 17.4 Å². The van der Waals surface area contributed by atoms with Crippen molar-refractivity contribution < 1.29 is 36.9 Å². The van der Waals surface area contributed by atoms with E-state index in [1.54, 1.807) is 33.2 Å². The van der Waals surface area contributed by atoms with Crippen molar-refractivity contribution in [3.05, 3.63) is 76.7 Å². The van der Waals surface area contributed by atoms with Gasteiger partial charge in [-0.05, 0) is 114 Å². The fourth-order valence-corrected chi connectivity index (χ4v) is 4.46. The van der Waals surface area contributed by atoms with Crippen LogP contribution in [0, 0.1) is 12.7 Å². The molecule has 1 aromatic heterocycles. The highest BCUT2D eigenvalue weighted by Gasteiger charge is 2.56. The van der Waals surface area contributed by atoms with Gasteiger partial charge in [0.15, 0.2) is 17.3 Å². The van der Waals surface area contributed by atoms with Crippen LogP contribution in [0.5, 0.6) is 11.5 Å². The zero-order chi connectivity index (χ0) is 31.0. The number of Topliss-reactive ketones (excluding diaryl/α,β-unsaturated/α-hetero) is 1. The third-order valence-corrected chi connectivity index (χ3v) is 8.01. The molecule has 0 bridgehead atoms. The largest absolute Gasteiger partial charge is 0.493 e. The Morgan fingerprint density at radius 2 is 1.74 bits per heavy atom. The molecule has 0 amide bonds. The van der Waals surface area contributed by atoms with E-state index in [1.807, 2.05) is 18.7 Å². The van der Waals surface area contributed by atoms with Crippen LogP contribution >= 0.6 is 0 Å². The van der Waals surface area contributed by atoms with Crippen LogP contribution in [0.4, 0.5) is 17.6 Å². The van der Waals surface area contributed by atoms with Crippen LogP contribution in [-0.4, -0.2) is 54.3 Å². The topological polar surface area (TPSA) is 71.9 Å². The number of rotatable bonds is 11. The van der Waals surface area contributed by atoms with Gasteiger partial charge < -0.3 is 19.5 Å². The van der Waals surface area contributed by atoms with E-state index >= 15 is 0 Å². The molecule has 0 saturated heterocycles.